The van der Waals surface area contributed by atoms with Crippen molar-refractivity contribution < 1.29 is 14.3 Å². The van der Waals surface area contributed by atoms with Crippen LogP contribution in [0.2, 0.25) is 5.02 Å². The number of anilines is 1. The van der Waals surface area contributed by atoms with Crippen LogP contribution in [0.4, 0.5) is 5.69 Å². The summed E-state index contributed by atoms with van der Waals surface area (Å²) in [6, 6.07) is 13.7. The summed E-state index contributed by atoms with van der Waals surface area (Å²) >= 11 is 7.36. The highest BCUT2D eigenvalue weighted by Gasteiger charge is 2.17. The van der Waals surface area contributed by atoms with Gasteiger partial charge in [-0.25, -0.2) is 4.79 Å². The Bertz CT molecular complexity index is 1470. The van der Waals surface area contributed by atoms with E-state index in [1.54, 1.807) is 41.8 Å². The second kappa shape index (κ2) is 10.1. The number of nitrogens with zero attached hydrogens (tertiary/aromatic N) is 2. The maximum atomic E-state index is 13.3. The van der Waals surface area contributed by atoms with Gasteiger partial charge in [0.05, 0.1) is 30.8 Å². The minimum Gasteiger partial charge on any atom is -0.495 e. The van der Waals surface area contributed by atoms with Crippen LogP contribution in [0.15, 0.2) is 63.5 Å². The van der Waals surface area contributed by atoms with Crippen LogP contribution >= 0.6 is 22.9 Å². The van der Waals surface area contributed by atoms with Gasteiger partial charge >= 0.3 is 5.69 Å². The molecule has 0 bridgehead atoms. The van der Waals surface area contributed by atoms with E-state index in [1.165, 1.54) is 23.0 Å². The Morgan fingerprint density at radius 1 is 1.12 bits per heavy atom. The van der Waals surface area contributed by atoms with Crippen LogP contribution < -0.4 is 26.0 Å². The zero-order chi connectivity index (χ0) is 24.2. The highest BCUT2D eigenvalue weighted by atomic mass is 35.5. The number of ether oxygens (including phenoxy) is 2. The van der Waals surface area contributed by atoms with Crippen molar-refractivity contribution in [1.29, 1.82) is 0 Å². The zero-order valence-electron chi connectivity index (χ0n) is 18.5. The van der Waals surface area contributed by atoms with Gasteiger partial charge in [0, 0.05) is 5.69 Å². The fourth-order valence-corrected chi connectivity index (χ4v) is 4.70. The molecule has 34 heavy (non-hydrogen) atoms. The fraction of sp³-hybridized carbons (Fsp3) is 0.208. The molecule has 0 atom stereocenters. The van der Waals surface area contributed by atoms with Crippen LogP contribution in [0.3, 0.4) is 0 Å². The number of hydrogen-bond acceptors (Lipinski definition) is 6. The molecule has 0 radical (unpaired) electrons. The number of rotatable bonds is 8. The summed E-state index contributed by atoms with van der Waals surface area (Å²) in [6.45, 7) is 2.18. The van der Waals surface area contributed by atoms with Crippen LogP contribution in [-0.4, -0.2) is 28.8 Å². The SMILES string of the molecule is CCOc1cccc(Cn2c(=O)c3sccc3n(CC(=O)Nc3ccc(OC)c(Cl)c3)c2=O)c1. The van der Waals surface area contributed by atoms with E-state index in [0.717, 1.165) is 10.1 Å². The Morgan fingerprint density at radius 2 is 1.94 bits per heavy atom. The Labute approximate surface area is 203 Å². The molecule has 0 fully saturated rings. The number of amides is 1. The van der Waals surface area contributed by atoms with Crippen molar-refractivity contribution in [2.24, 2.45) is 0 Å². The van der Waals surface area contributed by atoms with Gasteiger partial charge in [-0.1, -0.05) is 23.7 Å². The lowest BCUT2D eigenvalue weighted by molar-refractivity contribution is -0.116. The molecule has 0 aliphatic heterocycles. The second-order valence-corrected chi connectivity index (χ2v) is 8.70. The molecule has 0 saturated carbocycles. The largest absolute Gasteiger partial charge is 0.495 e. The molecule has 1 amide bonds. The Balaban J connectivity index is 1.66. The lowest BCUT2D eigenvalue weighted by Crippen LogP contribution is -2.41. The van der Waals surface area contributed by atoms with E-state index in [1.807, 2.05) is 19.1 Å². The zero-order valence-corrected chi connectivity index (χ0v) is 20.1. The number of nitrogens with one attached hydrogen (secondary N) is 1. The standard InChI is InChI=1S/C24H22ClN3O5S/c1-3-33-17-6-4-5-15(11-17)13-28-23(30)22-19(9-10-34-22)27(24(28)31)14-21(29)26-16-7-8-20(32-2)18(25)12-16/h4-12H,3,13-14H2,1-2H3,(H,26,29). The minimum absolute atomic E-state index is 0.0577. The molecule has 4 aromatic rings. The van der Waals surface area contributed by atoms with E-state index < -0.39 is 17.2 Å². The van der Waals surface area contributed by atoms with Gasteiger partial charge in [-0.15, -0.1) is 11.3 Å². The topological polar surface area (TPSA) is 91.6 Å². The predicted molar refractivity (Wildman–Crippen MR) is 134 cm³/mol. The number of halogens is 1. The van der Waals surface area contributed by atoms with Crippen LogP contribution in [0, 0.1) is 0 Å². The number of methoxy groups -OCH3 is 1. The second-order valence-electron chi connectivity index (χ2n) is 7.37. The van der Waals surface area contributed by atoms with Crippen molar-refractivity contribution in [2.75, 3.05) is 19.0 Å². The fourth-order valence-electron chi connectivity index (χ4n) is 3.60. The number of hydrogen-bond donors (Lipinski definition) is 1. The van der Waals surface area contributed by atoms with E-state index in [4.69, 9.17) is 21.1 Å². The quantitative estimate of drug-likeness (QED) is 0.396. The first kappa shape index (κ1) is 23.6. The molecule has 2 aromatic carbocycles. The third kappa shape index (κ3) is 4.85. The van der Waals surface area contributed by atoms with E-state index in [0.29, 0.717) is 39.0 Å². The average molecular weight is 500 g/mol. The number of benzene rings is 2. The third-order valence-electron chi connectivity index (χ3n) is 5.12. The first-order valence-corrected chi connectivity index (χ1v) is 11.7. The van der Waals surface area contributed by atoms with Gasteiger partial charge in [-0.05, 0) is 54.3 Å². The summed E-state index contributed by atoms with van der Waals surface area (Å²) in [6.07, 6.45) is 0. The molecule has 10 heteroatoms. The first-order chi connectivity index (χ1) is 16.4. The monoisotopic (exact) mass is 499 g/mol. The van der Waals surface area contributed by atoms with Crippen LogP contribution in [-0.2, 0) is 17.9 Å². The van der Waals surface area contributed by atoms with E-state index in [9.17, 15) is 14.4 Å². The number of thiophene rings is 1. The van der Waals surface area contributed by atoms with Crippen LogP contribution in [0.25, 0.3) is 10.2 Å². The van der Waals surface area contributed by atoms with Crippen LogP contribution in [0.5, 0.6) is 11.5 Å². The maximum Gasteiger partial charge on any atom is 0.332 e. The summed E-state index contributed by atoms with van der Waals surface area (Å²) in [4.78, 5) is 39.2. The van der Waals surface area contributed by atoms with Crippen molar-refractivity contribution in [3.05, 3.63) is 85.3 Å². The molecular weight excluding hydrogens is 478 g/mol. The molecule has 2 heterocycles. The predicted octanol–water partition coefficient (Wildman–Crippen LogP) is 3.97. The van der Waals surface area contributed by atoms with Crippen LogP contribution in [0.1, 0.15) is 12.5 Å². The van der Waals surface area contributed by atoms with Gasteiger partial charge in [0.2, 0.25) is 5.91 Å². The van der Waals surface area contributed by atoms with Gasteiger partial charge < -0.3 is 14.8 Å². The molecule has 1 N–H and O–H groups in total. The molecule has 8 nitrogen and oxygen atoms in total. The van der Waals surface area contributed by atoms with E-state index >= 15 is 0 Å². The van der Waals surface area contributed by atoms with Gasteiger partial charge in [-0.2, -0.15) is 0 Å². The number of carbonyl (C=O) groups is 1. The highest BCUT2D eigenvalue weighted by molar-refractivity contribution is 7.17. The summed E-state index contributed by atoms with van der Waals surface area (Å²) in [7, 11) is 1.50. The maximum absolute atomic E-state index is 13.3. The van der Waals surface area contributed by atoms with Gasteiger partial charge in [0.25, 0.3) is 5.56 Å². The Kier molecular flexibility index (Phi) is 7.04. The highest BCUT2D eigenvalue weighted by Crippen LogP contribution is 2.27. The van der Waals surface area contributed by atoms with Gasteiger partial charge in [0.15, 0.2) is 0 Å². The summed E-state index contributed by atoms with van der Waals surface area (Å²) in [5, 5.41) is 4.81. The molecule has 176 valence electrons. The first-order valence-electron chi connectivity index (χ1n) is 10.5. The summed E-state index contributed by atoms with van der Waals surface area (Å²) in [5.41, 5.74) is 0.662. The normalized spacial score (nSPS) is 10.9. The number of fused-ring (bicyclic) bond motifs is 1. The molecule has 4 rings (SSSR count). The molecule has 0 unspecified atom stereocenters. The minimum atomic E-state index is -0.569. The smallest absolute Gasteiger partial charge is 0.332 e. The van der Waals surface area contributed by atoms with Crippen molar-refractivity contribution in [1.82, 2.24) is 9.13 Å². The molecule has 0 spiro atoms. The third-order valence-corrected chi connectivity index (χ3v) is 6.31. The number of aromatic nitrogens is 2. The Hall–Kier alpha value is -3.56. The molecule has 2 aromatic heterocycles. The Morgan fingerprint density at radius 3 is 2.68 bits per heavy atom. The lowest BCUT2D eigenvalue weighted by Gasteiger charge is -2.13. The average Bonchev–Trinajstić information content (AvgIpc) is 3.30. The number of carbonyl (C=O) groups excluding carboxylic acids is 1. The molecule has 0 saturated heterocycles. The van der Waals surface area contributed by atoms with Crippen molar-refractivity contribution in [3.63, 3.8) is 0 Å². The summed E-state index contributed by atoms with van der Waals surface area (Å²) in [5.74, 6) is 0.707. The van der Waals surface area contributed by atoms with Crippen molar-refractivity contribution in [2.45, 2.75) is 20.0 Å². The van der Waals surface area contributed by atoms with E-state index in [2.05, 4.69) is 5.32 Å². The lowest BCUT2D eigenvalue weighted by atomic mass is 10.2. The van der Waals surface area contributed by atoms with Gasteiger partial charge in [0.1, 0.15) is 22.7 Å². The molecular formula is C24H22ClN3O5S. The van der Waals surface area contributed by atoms with Crippen molar-refractivity contribution in [3.8, 4) is 11.5 Å². The van der Waals surface area contributed by atoms with E-state index in [-0.39, 0.29) is 13.1 Å². The molecule has 0 aliphatic carbocycles. The summed E-state index contributed by atoms with van der Waals surface area (Å²) < 4.78 is 13.5. The van der Waals surface area contributed by atoms with Gasteiger partial charge in [-0.3, -0.25) is 18.7 Å². The molecule has 0 aliphatic rings. The van der Waals surface area contributed by atoms with Crippen molar-refractivity contribution >= 4 is 44.7 Å².